The van der Waals surface area contributed by atoms with Crippen LogP contribution in [0.15, 0.2) is 88.4 Å². The van der Waals surface area contributed by atoms with Crippen LogP contribution >= 0.6 is 28.1 Å². The summed E-state index contributed by atoms with van der Waals surface area (Å²) >= 11 is 8.67. The van der Waals surface area contributed by atoms with E-state index < -0.39 is 0 Å². The number of nitrogens with zero attached hydrogens (tertiary/aromatic N) is 1. The Bertz CT molecular complexity index is 914. The Morgan fingerprint density at radius 1 is 0.963 bits per heavy atom. The van der Waals surface area contributed by atoms with Crippen LogP contribution in [0.25, 0.3) is 0 Å². The van der Waals surface area contributed by atoms with E-state index in [0.29, 0.717) is 11.7 Å². The summed E-state index contributed by atoms with van der Waals surface area (Å²) in [6, 6.07) is 25.5. The lowest BCUT2D eigenvalue weighted by molar-refractivity contribution is 0.306. The molecule has 6 heteroatoms. The largest absolute Gasteiger partial charge is 0.488 e. The Labute approximate surface area is 172 Å². The minimum absolute atomic E-state index is 0.422. The Morgan fingerprint density at radius 3 is 2.44 bits per heavy atom. The fourth-order valence-electron chi connectivity index (χ4n) is 2.30. The molecule has 0 amide bonds. The Kier molecular flexibility index (Phi) is 6.96. The average Bonchev–Trinajstić information content (AvgIpc) is 2.69. The van der Waals surface area contributed by atoms with Gasteiger partial charge in [-0.15, -0.1) is 0 Å². The van der Waals surface area contributed by atoms with Gasteiger partial charge in [0.25, 0.3) is 0 Å². The molecule has 4 nitrogen and oxygen atoms in total. The van der Waals surface area contributed by atoms with Crippen LogP contribution in [0.4, 0.5) is 5.69 Å². The van der Waals surface area contributed by atoms with Crippen molar-refractivity contribution in [2.75, 3.05) is 5.32 Å². The first-order chi connectivity index (χ1) is 13.2. The predicted octanol–water partition coefficient (Wildman–Crippen LogP) is 5.35. The molecule has 0 aliphatic rings. The van der Waals surface area contributed by atoms with Gasteiger partial charge in [0.1, 0.15) is 12.4 Å². The van der Waals surface area contributed by atoms with Crippen molar-refractivity contribution in [1.29, 1.82) is 0 Å². The van der Waals surface area contributed by atoms with E-state index in [4.69, 9.17) is 17.0 Å². The van der Waals surface area contributed by atoms with Crippen LogP contribution in [0.3, 0.4) is 0 Å². The number of benzene rings is 3. The molecule has 0 saturated heterocycles. The summed E-state index contributed by atoms with van der Waals surface area (Å²) in [6.07, 6.45) is 1.69. The quantitative estimate of drug-likeness (QED) is 0.308. The minimum Gasteiger partial charge on any atom is -0.488 e. The Hall–Kier alpha value is -2.70. The van der Waals surface area contributed by atoms with E-state index in [1.807, 2.05) is 78.9 Å². The molecule has 136 valence electrons. The average molecular weight is 440 g/mol. The second-order valence-electron chi connectivity index (χ2n) is 5.64. The number of hydrazone groups is 1. The normalized spacial score (nSPS) is 10.6. The zero-order valence-corrected chi connectivity index (χ0v) is 16.8. The molecule has 0 fully saturated rings. The summed E-state index contributed by atoms with van der Waals surface area (Å²) in [5.74, 6) is 0.757. The third-order valence-electron chi connectivity index (χ3n) is 3.63. The van der Waals surface area contributed by atoms with Crippen LogP contribution in [0.1, 0.15) is 11.1 Å². The number of para-hydroxylation sites is 2. The van der Waals surface area contributed by atoms with Crippen molar-refractivity contribution in [3.8, 4) is 5.75 Å². The van der Waals surface area contributed by atoms with Crippen LogP contribution in [0.5, 0.6) is 5.75 Å². The Balaban J connectivity index is 1.57. The number of hydrogen-bond acceptors (Lipinski definition) is 3. The number of nitrogens with one attached hydrogen (secondary N) is 2. The maximum Gasteiger partial charge on any atom is 0.191 e. The van der Waals surface area contributed by atoms with Gasteiger partial charge in [0.05, 0.1) is 6.21 Å². The van der Waals surface area contributed by atoms with E-state index in [9.17, 15) is 0 Å². The topological polar surface area (TPSA) is 45.7 Å². The molecule has 0 aliphatic heterocycles. The van der Waals surface area contributed by atoms with Gasteiger partial charge in [-0.25, -0.2) is 0 Å². The van der Waals surface area contributed by atoms with Gasteiger partial charge in [-0.2, -0.15) is 5.10 Å². The first kappa shape index (κ1) is 19.1. The number of anilines is 1. The van der Waals surface area contributed by atoms with Gasteiger partial charge >= 0.3 is 0 Å². The highest BCUT2D eigenvalue weighted by Crippen LogP contribution is 2.18. The van der Waals surface area contributed by atoms with Gasteiger partial charge in [-0.05, 0) is 54.2 Å². The molecule has 0 aromatic heterocycles. The summed E-state index contributed by atoms with van der Waals surface area (Å²) < 4.78 is 6.98. The zero-order valence-electron chi connectivity index (χ0n) is 14.4. The summed E-state index contributed by atoms with van der Waals surface area (Å²) in [7, 11) is 0. The summed E-state index contributed by atoms with van der Waals surface area (Å²) in [6.45, 7) is 0.486. The van der Waals surface area contributed by atoms with Crippen molar-refractivity contribution in [1.82, 2.24) is 5.43 Å². The summed E-state index contributed by atoms with van der Waals surface area (Å²) in [5, 5.41) is 7.69. The van der Waals surface area contributed by atoms with Crippen LogP contribution in [0.2, 0.25) is 0 Å². The van der Waals surface area contributed by atoms with Gasteiger partial charge < -0.3 is 10.1 Å². The van der Waals surface area contributed by atoms with E-state index in [2.05, 4.69) is 31.8 Å². The molecular formula is C21H18BrN3OS. The maximum absolute atomic E-state index is 5.93. The molecule has 0 unspecified atom stereocenters. The molecule has 0 atom stereocenters. The lowest BCUT2D eigenvalue weighted by atomic mass is 10.2. The smallest absolute Gasteiger partial charge is 0.191 e. The van der Waals surface area contributed by atoms with Gasteiger partial charge in [0.15, 0.2) is 5.11 Å². The fourth-order valence-corrected chi connectivity index (χ4v) is 2.74. The first-order valence-corrected chi connectivity index (χ1v) is 9.52. The molecular weight excluding hydrogens is 422 g/mol. The van der Waals surface area contributed by atoms with Crippen molar-refractivity contribution < 1.29 is 4.74 Å². The monoisotopic (exact) mass is 439 g/mol. The van der Waals surface area contributed by atoms with Crippen molar-refractivity contribution in [3.05, 3.63) is 94.5 Å². The lowest BCUT2D eigenvalue weighted by Gasteiger charge is -2.09. The standard InChI is InChI=1S/C21H18BrN3OS/c22-18-12-10-16(11-13-18)15-26-20-9-5-4-6-17(20)14-23-25-21(27)24-19-7-2-1-3-8-19/h1-14H,15H2,(H2,24,25,27)/b23-14-. The van der Waals surface area contributed by atoms with E-state index in [-0.39, 0.29) is 0 Å². The molecule has 0 heterocycles. The molecule has 0 bridgehead atoms. The Morgan fingerprint density at radius 2 is 1.67 bits per heavy atom. The molecule has 2 N–H and O–H groups in total. The van der Waals surface area contributed by atoms with Crippen molar-refractivity contribution in [2.45, 2.75) is 6.61 Å². The zero-order chi connectivity index (χ0) is 18.9. The molecule has 0 spiro atoms. The van der Waals surface area contributed by atoms with Crippen LogP contribution in [-0.2, 0) is 6.61 Å². The molecule has 0 radical (unpaired) electrons. The van der Waals surface area contributed by atoms with Crippen LogP contribution in [-0.4, -0.2) is 11.3 Å². The minimum atomic E-state index is 0.422. The molecule has 3 aromatic carbocycles. The number of ether oxygens (including phenoxy) is 1. The molecule has 27 heavy (non-hydrogen) atoms. The van der Waals surface area contributed by atoms with Crippen molar-refractivity contribution >= 4 is 45.2 Å². The highest BCUT2D eigenvalue weighted by molar-refractivity contribution is 9.10. The van der Waals surface area contributed by atoms with Gasteiger partial charge in [0, 0.05) is 15.7 Å². The maximum atomic E-state index is 5.93. The van der Waals surface area contributed by atoms with Gasteiger partial charge in [0.2, 0.25) is 0 Å². The molecule has 3 aromatic rings. The fraction of sp³-hybridized carbons (Fsp3) is 0.0476. The molecule has 0 aliphatic carbocycles. The third-order valence-corrected chi connectivity index (χ3v) is 4.35. The number of thiocarbonyl (C=S) groups is 1. The van der Waals surface area contributed by atoms with Gasteiger partial charge in [-0.3, -0.25) is 5.43 Å². The number of halogens is 1. The van der Waals surface area contributed by atoms with E-state index >= 15 is 0 Å². The number of rotatable bonds is 6. The van der Waals surface area contributed by atoms with Crippen LogP contribution < -0.4 is 15.5 Å². The summed E-state index contributed by atoms with van der Waals surface area (Å²) in [4.78, 5) is 0. The van der Waals surface area contributed by atoms with Crippen molar-refractivity contribution in [2.24, 2.45) is 5.10 Å². The second-order valence-corrected chi connectivity index (χ2v) is 6.97. The third kappa shape index (κ3) is 6.20. The summed E-state index contributed by atoms with van der Waals surface area (Å²) in [5.41, 5.74) is 5.68. The molecule has 3 rings (SSSR count). The van der Waals surface area contributed by atoms with E-state index in [1.165, 1.54) is 0 Å². The lowest BCUT2D eigenvalue weighted by Crippen LogP contribution is -2.23. The SMILES string of the molecule is S=C(N/N=C\c1ccccc1OCc1ccc(Br)cc1)Nc1ccccc1. The van der Waals surface area contributed by atoms with E-state index in [1.54, 1.807) is 6.21 Å². The second kappa shape index (κ2) is 9.85. The highest BCUT2D eigenvalue weighted by Gasteiger charge is 2.02. The number of hydrogen-bond donors (Lipinski definition) is 2. The highest BCUT2D eigenvalue weighted by atomic mass is 79.9. The molecule has 0 saturated carbocycles. The predicted molar refractivity (Wildman–Crippen MR) is 118 cm³/mol. The van der Waals surface area contributed by atoms with E-state index in [0.717, 1.165) is 27.0 Å². The van der Waals surface area contributed by atoms with Crippen molar-refractivity contribution in [3.63, 3.8) is 0 Å². The first-order valence-electron chi connectivity index (χ1n) is 8.32. The van der Waals surface area contributed by atoms with Crippen LogP contribution in [0, 0.1) is 0 Å². The van der Waals surface area contributed by atoms with Gasteiger partial charge in [-0.1, -0.05) is 58.4 Å².